The highest BCUT2D eigenvalue weighted by molar-refractivity contribution is 7.10. The molecule has 0 fully saturated rings. The molecule has 10 heteroatoms. The minimum Gasteiger partial charge on any atom is -0.505 e. The molecule has 2 N–H and O–H groups in total. The second-order valence-electron chi connectivity index (χ2n) is 4.97. The molecule has 0 aliphatic rings. The Labute approximate surface area is 151 Å². The van der Waals surface area contributed by atoms with Gasteiger partial charge in [0.25, 0.3) is 0 Å². The fourth-order valence-electron chi connectivity index (χ4n) is 1.91. The minimum absolute atomic E-state index is 0.0708. The zero-order chi connectivity index (χ0) is 18.5. The average Bonchev–Trinajstić information content (AvgIpc) is 3.01. The number of aromatic hydroxyl groups is 2. The Morgan fingerprint density at radius 3 is 2.54 bits per heavy atom. The summed E-state index contributed by atoms with van der Waals surface area (Å²) in [5, 5.41) is 45.3. The normalized spacial score (nSPS) is 11.2. The summed E-state index contributed by atoms with van der Waals surface area (Å²) in [6.07, 6.45) is 3.09. The topological polar surface area (TPSA) is 139 Å². The van der Waals surface area contributed by atoms with Crippen molar-refractivity contribution in [2.45, 2.75) is 6.92 Å². The number of aryl methyl sites for hydroxylation is 1. The van der Waals surface area contributed by atoms with Crippen LogP contribution in [0.2, 0.25) is 0 Å². The maximum absolute atomic E-state index is 10.3. The van der Waals surface area contributed by atoms with Gasteiger partial charge in [-0.3, -0.25) is 4.98 Å². The second-order valence-corrected chi connectivity index (χ2v) is 5.72. The van der Waals surface area contributed by atoms with Crippen molar-refractivity contribution in [3.05, 3.63) is 47.9 Å². The third kappa shape index (κ3) is 3.52. The van der Waals surface area contributed by atoms with Crippen LogP contribution in [0.25, 0.3) is 0 Å². The van der Waals surface area contributed by atoms with Crippen molar-refractivity contribution in [3.63, 3.8) is 0 Å². The van der Waals surface area contributed by atoms with E-state index >= 15 is 0 Å². The quantitative estimate of drug-likeness (QED) is 0.629. The van der Waals surface area contributed by atoms with Crippen molar-refractivity contribution in [2.75, 3.05) is 0 Å². The number of benzene rings is 1. The second kappa shape index (κ2) is 7.45. The monoisotopic (exact) mass is 365 g/mol. The van der Waals surface area contributed by atoms with Gasteiger partial charge < -0.3 is 10.2 Å². The summed E-state index contributed by atoms with van der Waals surface area (Å²) in [7, 11) is 0. The summed E-state index contributed by atoms with van der Waals surface area (Å²) in [4.78, 5) is 3.86. The van der Waals surface area contributed by atoms with E-state index in [0.717, 1.165) is 11.5 Å². The number of nitriles is 1. The lowest BCUT2D eigenvalue weighted by Crippen LogP contribution is -1.75. The number of nitrogens with zero attached hydrogens (tertiary/aromatic N) is 7. The summed E-state index contributed by atoms with van der Waals surface area (Å²) in [5.74, 6) is -0.642. The zero-order valence-corrected chi connectivity index (χ0v) is 14.2. The van der Waals surface area contributed by atoms with Crippen LogP contribution in [0.15, 0.2) is 57.1 Å². The van der Waals surface area contributed by atoms with Gasteiger partial charge in [-0.05, 0) is 42.7 Å². The van der Waals surface area contributed by atoms with Crippen molar-refractivity contribution in [1.82, 2.24) is 9.36 Å². The van der Waals surface area contributed by atoms with Gasteiger partial charge >= 0.3 is 0 Å². The lowest BCUT2D eigenvalue weighted by molar-refractivity contribution is 0.453. The predicted molar refractivity (Wildman–Crippen MR) is 93.9 cm³/mol. The molecule has 26 heavy (non-hydrogen) atoms. The summed E-state index contributed by atoms with van der Waals surface area (Å²) in [5.41, 5.74) is 1.33. The van der Waals surface area contributed by atoms with Crippen molar-refractivity contribution in [1.29, 1.82) is 5.26 Å². The minimum atomic E-state index is -0.383. The van der Waals surface area contributed by atoms with E-state index in [9.17, 15) is 10.2 Å². The number of phenols is 2. The lowest BCUT2D eigenvalue weighted by Gasteiger charge is -2.03. The lowest BCUT2D eigenvalue weighted by atomic mass is 10.2. The highest BCUT2D eigenvalue weighted by Gasteiger charge is 2.13. The summed E-state index contributed by atoms with van der Waals surface area (Å²) >= 11 is 1.03. The molecule has 0 aliphatic heterocycles. The Kier molecular flexibility index (Phi) is 4.91. The summed E-state index contributed by atoms with van der Waals surface area (Å²) in [6, 6.07) is 7.94. The van der Waals surface area contributed by atoms with Gasteiger partial charge in [0, 0.05) is 12.4 Å². The van der Waals surface area contributed by atoms with Crippen LogP contribution in [0.3, 0.4) is 0 Å². The van der Waals surface area contributed by atoms with Crippen molar-refractivity contribution in [3.8, 4) is 17.6 Å². The molecule has 1 aromatic carbocycles. The Morgan fingerprint density at radius 2 is 1.81 bits per heavy atom. The van der Waals surface area contributed by atoms with E-state index in [0.29, 0.717) is 21.9 Å². The summed E-state index contributed by atoms with van der Waals surface area (Å²) in [6.45, 7) is 1.70. The maximum Gasteiger partial charge on any atom is 0.176 e. The predicted octanol–water partition coefficient (Wildman–Crippen LogP) is 4.96. The molecule has 0 aliphatic carbocycles. The van der Waals surface area contributed by atoms with Gasteiger partial charge in [-0.1, -0.05) is 0 Å². The number of phenolic OH excluding ortho intramolecular Hbond substituents is 2. The molecule has 0 saturated carbocycles. The Hall–Kier alpha value is -3.71. The Morgan fingerprint density at radius 1 is 1.04 bits per heavy atom. The van der Waals surface area contributed by atoms with Crippen LogP contribution in [0.1, 0.15) is 11.3 Å². The molecule has 0 amide bonds. The molecular weight excluding hydrogens is 354 g/mol. The van der Waals surface area contributed by atoms with E-state index in [1.54, 1.807) is 31.5 Å². The van der Waals surface area contributed by atoms with E-state index in [4.69, 9.17) is 5.26 Å². The molecule has 3 rings (SSSR count). The van der Waals surface area contributed by atoms with Crippen LogP contribution >= 0.6 is 11.5 Å². The molecule has 0 saturated heterocycles. The number of hydrogen-bond donors (Lipinski definition) is 2. The summed E-state index contributed by atoms with van der Waals surface area (Å²) < 4.78 is 4.04. The first-order valence-electron chi connectivity index (χ1n) is 7.25. The van der Waals surface area contributed by atoms with Crippen LogP contribution in [-0.2, 0) is 0 Å². The number of rotatable bonds is 4. The zero-order valence-electron chi connectivity index (χ0n) is 13.4. The molecule has 0 spiro atoms. The van der Waals surface area contributed by atoms with Crippen molar-refractivity contribution >= 4 is 33.6 Å². The fraction of sp³-hybridized carbons (Fsp3) is 0.0625. The van der Waals surface area contributed by atoms with E-state index in [1.807, 2.05) is 6.07 Å². The molecule has 0 bridgehead atoms. The Balaban J connectivity index is 1.93. The number of aromatic nitrogens is 2. The largest absolute Gasteiger partial charge is 0.505 e. The van der Waals surface area contributed by atoms with Crippen molar-refractivity contribution < 1.29 is 10.2 Å². The average molecular weight is 365 g/mol. The molecule has 3 aromatic rings. The van der Waals surface area contributed by atoms with Gasteiger partial charge in [-0.15, -0.1) is 15.3 Å². The van der Waals surface area contributed by atoms with Crippen LogP contribution < -0.4 is 0 Å². The Bertz CT molecular complexity index is 1040. The molecule has 0 atom stereocenters. The molecule has 9 nitrogen and oxygen atoms in total. The highest BCUT2D eigenvalue weighted by Crippen LogP contribution is 2.44. The number of pyridine rings is 1. The standard InChI is InChI=1S/C16H11N7O2S/c1-9-11(8-17)16(26-23-9)22-20-12-2-3-13(24)14(15(12)25)21-19-10-4-6-18-7-5-10/h2-7,24-25H,1H3/b21-19+,22-20+. The van der Waals surface area contributed by atoms with Crippen LogP contribution in [0, 0.1) is 18.3 Å². The van der Waals surface area contributed by atoms with Gasteiger partial charge in [-0.25, -0.2) is 0 Å². The van der Waals surface area contributed by atoms with Crippen LogP contribution in [-0.4, -0.2) is 19.6 Å². The van der Waals surface area contributed by atoms with Gasteiger partial charge in [0.2, 0.25) is 0 Å². The van der Waals surface area contributed by atoms with E-state index in [2.05, 4.69) is 29.8 Å². The molecule has 0 unspecified atom stereocenters. The number of hydrogen-bond acceptors (Lipinski definition) is 10. The third-order valence-electron chi connectivity index (χ3n) is 3.24. The smallest absolute Gasteiger partial charge is 0.176 e. The first kappa shape index (κ1) is 17.1. The van der Waals surface area contributed by atoms with E-state index in [-0.39, 0.29) is 22.9 Å². The van der Waals surface area contributed by atoms with E-state index in [1.165, 1.54) is 12.1 Å². The van der Waals surface area contributed by atoms with Crippen LogP contribution in [0.4, 0.5) is 22.1 Å². The molecule has 0 radical (unpaired) electrons. The molecule has 2 aromatic heterocycles. The van der Waals surface area contributed by atoms with Gasteiger partial charge in [0.05, 0.1) is 11.4 Å². The van der Waals surface area contributed by atoms with Crippen LogP contribution in [0.5, 0.6) is 11.5 Å². The molecule has 128 valence electrons. The van der Waals surface area contributed by atoms with Gasteiger partial charge in [0.1, 0.15) is 23.1 Å². The molecular formula is C16H11N7O2S. The van der Waals surface area contributed by atoms with Crippen molar-refractivity contribution in [2.24, 2.45) is 20.5 Å². The fourth-order valence-corrected chi connectivity index (χ4v) is 2.59. The first-order chi connectivity index (χ1) is 12.6. The van der Waals surface area contributed by atoms with E-state index < -0.39 is 0 Å². The van der Waals surface area contributed by atoms with Gasteiger partial charge in [0.15, 0.2) is 16.4 Å². The molecule has 2 heterocycles. The SMILES string of the molecule is Cc1nsc(/N=N/c2ccc(O)c(/N=N/c3ccncc3)c2O)c1C#N. The maximum atomic E-state index is 10.3. The number of azo groups is 2. The first-order valence-corrected chi connectivity index (χ1v) is 8.02. The van der Waals surface area contributed by atoms with Gasteiger partial charge in [-0.2, -0.15) is 14.7 Å². The highest BCUT2D eigenvalue weighted by atomic mass is 32.1. The third-order valence-corrected chi connectivity index (χ3v) is 4.07.